The fourth-order valence-corrected chi connectivity index (χ4v) is 8.16. The Kier molecular flexibility index (Phi) is 5.06. The zero-order valence-corrected chi connectivity index (χ0v) is 17.2. The van der Waals surface area contributed by atoms with Gasteiger partial charge in [-0.25, -0.2) is 0 Å². The molecule has 4 aliphatic carbocycles. The molecule has 0 unspecified atom stereocenters. The molecule has 0 saturated heterocycles. The molecule has 4 aliphatic rings. The lowest BCUT2D eigenvalue weighted by molar-refractivity contribution is -0.0822. The van der Waals surface area contributed by atoms with E-state index in [0.717, 1.165) is 54.8 Å². The van der Waals surface area contributed by atoms with Crippen molar-refractivity contribution in [3.8, 4) is 0 Å². The normalized spacial score (nSPS) is 51.4. The molecule has 0 bridgehead atoms. The van der Waals surface area contributed by atoms with Crippen molar-refractivity contribution in [3.63, 3.8) is 0 Å². The van der Waals surface area contributed by atoms with Gasteiger partial charge in [0.1, 0.15) is 0 Å². The van der Waals surface area contributed by atoms with E-state index in [4.69, 9.17) is 0 Å². The molecular formula is C24H40O2. The van der Waals surface area contributed by atoms with Crippen molar-refractivity contribution in [1.29, 1.82) is 0 Å². The van der Waals surface area contributed by atoms with Crippen molar-refractivity contribution in [2.45, 2.75) is 84.7 Å². The van der Waals surface area contributed by atoms with Crippen molar-refractivity contribution in [1.82, 2.24) is 0 Å². The van der Waals surface area contributed by atoms with Crippen LogP contribution in [-0.2, 0) is 0 Å². The van der Waals surface area contributed by atoms with Gasteiger partial charge in [0.25, 0.3) is 0 Å². The Bertz CT molecular complexity index is 542. The number of allylic oxidation sites excluding steroid dienone is 2. The van der Waals surface area contributed by atoms with Gasteiger partial charge in [0.15, 0.2) is 0 Å². The zero-order chi connectivity index (χ0) is 18.5. The van der Waals surface area contributed by atoms with Crippen molar-refractivity contribution >= 4 is 0 Å². The van der Waals surface area contributed by atoms with E-state index in [0.29, 0.717) is 17.4 Å². The first-order valence-electron chi connectivity index (χ1n) is 11.4. The molecule has 3 saturated carbocycles. The molecule has 2 nitrogen and oxygen atoms in total. The highest BCUT2D eigenvalue weighted by Gasteiger charge is 2.58. The first kappa shape index (κ1) is 19.0. The van der Waals surface area contributed by atoms with Crippen LogP contribution in [0.5, 0.6) is 0 Å². The molecule has 26 heavy (non-hydrogen) atoms. The summed E-state index contributed by atoms with van der Waals surface area (Å²) in [4.78, 5) is 0. The quantitative estimate of drug-likeness (QED) is 0.677. The van der Waals surface area contributed by atoms with Crippen LogP contribution >= 0.6 is 0 Å². The third-order valence-corrected chi connectivity index (χ3v) is 9.65. The number of aliphatic hydroxyl groups is 2. The Labute approximate surface area is 160 Å². The van der Waals surface area contributed by atoms with Crippen molar-refractivity contribution < 1.29 is 10.2 Å². The largest absolute Gasteiger partial charge is 0.396 e. The van der Waals surface area contributed by atoms with E-state index in [1.807, 2.05) is 0 Å². The summed E-state index contributed by atoms with van der Waals surface area (Å²) in [5.41, 5.74) is 0.786. The second-order valence-corrected chi connectivity index (χ2v) is 10.8. The van der Waals surface area contributed by atoms with Crippen LogP contribution in [0.3, 0.4) is 0 Å². The van der Waals surface area contributed by atoms with Gasteiger partial charge in [-0.15, -0.1) is 0 Å². The number of hydrogen-bond acceptors (Lipinski definition) is 2. The molecular weight excluding hydrogens is 320 g/mol. The van der Waals surface area contributed by atoms with Gasteiger partial charge in [-0.1, -0.05) is 32.9 Å². The Hall–Kier alpha value is -0.340. The van der Waals surface area contributed by atoms with Gasteiger partial charge >= 0.3 is 0 Å². The molecule has 2 N–H and O–H groups in total. The number of aliphatic hydroxyl groups excluding tert-OH is 2. The van der Waals surface area contributed by atoms with E-state index in [-0.39, 0.29) is 6.10 Å². The van der Waals surface area contributed by atoms with E-state index >= 15 is 0 Å². The first-order chi connectivity index (χ1) is 12.4. The van der Waals surface area contributed by atoms with Gasteiger partial charge in [-0.05, 0) is 104 Å². The molecule has 0 aromatic rings. The van der Waals surface area contributed by atoms with Crippen LogP contribution in [0.25, 0.3) is 0 Å². The minimum Gasteiger partial charge on any atom is -0.396 e. The fourth-order valence-electron chi connectivity index (χ4n) is 8.16. The standard InChI is InChI=1S/C24H40O2/c1-16(5-4-14-25)20-8-9-21-19-7-6-17-15-18(26)10-12-23(17,2)22(19)11-13-24(20,21)3/h11,13,16-22,25-26H,4-10,12,14-15H2,1-3H3/t16-,17+,18-,19+,20+,21-,22+,23+,24-/m1/s1. The van der Waals surface area contributed by atoms with Gasteiger partial charge in [-0.3, -0.25) is 0 Å². The molecule has 0 amide bonds. The molecule has 3 fully saturated rings. The Morgan fingerprint density at radius 1 is 1.12 bits per heavy atom. The highest BCUT2D eigenvalue weighted by molar-refractivity contribution is 5.20. The maximum atomic E-state index is 10.2. The lowest BCUT2D eigenvalue weighted by Crippen LogP contribution is -2.52. The number of hydrogen-bond donors (Lipinski definition) is 2. The summed E-state index contributed by atoms with van der Waals surface area (Å²) in [5.74, 6) is 4.67. The summed E-state index contributed by atoms with van der Waals surface area (Å²) < 4.78 is 0. The lowest BCUT2D eigenvalue weighted by atomic mass is 9.46. The molecule has 0 heterocycles. The average Bonchev–Trinajstić information content (AvgIpc) is 2.97. The van der Waals surface area contributed by atoms with Crippen LogP contribution in [-0.4, -0.2) is 22.9 Å². The molecule has 0 aromatic carbocycles. The molecule has 2 heteroatoms. The predicted octanol–water partition coefficient (Wildman–Crippen LogP) is 5.19. The summed E-state index contributed by atoms with van der Waals surface area (Å²) in [6, 6.07) is 0. The van der Waals surface area contributed by atoms with Gasteiger partial charge < -0.3 is 10.2 Å². The van der Waals surface area contributed by atoms with E-state index in [2.05, 4.69) is 32.9 Å². The SMILES string of the molecule is C[C@H](CCCO)[C@@H]1CC[C@@H]2[C@@H]3CC[C@H]4C[C@H](O)CC[C@]4(C)[C@H]3C=C[C@@]21C. The molecule has 0 aromatic heterocycles. The smallest absolute Gasteiger partial charge is 0.0543 e. The summed E-state index contributed by atoms with van der Waals surface area (Å²) in [7, 11) is 0. The van der Waals surface area contributed by atoms with Gasteiger partial charge in [0.05, 0.1) is 6.10 Å². The Balaban J connectivity index is 1.58. The highest BCUT2D eigenvalue weighted by Crippen LogP contribution is 2.66. The number of rotatable bonds is 4. The van der Waals surface area contributed by atoms with Crippen LogP contribution in [0.2, 0.25) is 0 Å². The molecule has 0 radical (unpaired) electrons. The predicted molar refractivity (Wildman–Crippen MR) is 107 cm³/mol. The van der Waals surface area contributed by atoms with Crippen LogP contribution in [0, 0.1) is 46.3 Å². The molecule has 148 valence electrons. The van der Waals surface area contributed by atoms with E-state index in [1.165, 1.54) is 38.5 Å². The van der Waals surface area contributed by atoms with E-state index in [1.54, 1.807) is 0 Å². The zero-order valence-electron chi connectivity index (χ0n) is 17.2. The molecule has 9 atom stereocenters. The topological polar surface area (TPSA) is 40.5 Å². The second-order valence-electron chi connectivity index (χ2n) is 10.8. The van der Waals surface area contributed by atoms with Gasteiger partial charge in [0, 0.05) is 6.61 Å². The summed E-state index contributed by atoms with van der Waals surface area (Å²) in [6.45, 7) is 7.86. The summed E-state index contributed by atoms with van der Waals surface area (Å²) in [5, 5.41) is 19.4. The van der Waals surface area contributed by atoms with Crippen LogP contribution in [0.1, 0.15) is 78.6 Å². The third kappa shape index (κ3) is 2.82. The molecule has 0 spiro atoms. The van der Waals surface area contributed by atoms with Crippen LogP contribution in [0.4, 0.5) is 0 Å². The first-order valence-corrected chi connectivity index (χ1v) is 11.4. The van der Waals surface area contributed by atoms with Crippen molar-refractivity contribution in [2.75, 3.05) is 6.61 Å². The maximum Gasteiger partial charge on any atom is 0.0543 e. The Morgan fingerprint density at radius 3 is 2.69 bits per heavy atom. The van der Waals surface area contributed by atoms with E-state index in [9.17, 15) is 10.2 Å². The van der Waals surface area contributed by atoms with Crippen LogP contribution < -0.4 is 0 Å². The average molecular weight is 361 g/mol. The molecule has 4 rings (SSSR count). The second kappa shape index (κ2) is 6.92. The third-order valence-electron chi connectivity index (χ3n) is 9.65. The highest BCUT2D eigenvalue weighted by atomic mass is 16.3. The van der Waals surface area contributed by atoms with E-state index < -0.39 is 0 Å². The summed E-state index contributed by atoms with van der Waals surface area (Å²) >= 11 is 0. The number of fused-ring (bicyclic) bond motifs is 5. The van der Waals surface area contributed by atoms with Crippen molar-refractivity contribution in [3.05, 3.63) is 12.2 Å². The van der Waals surface area contributed by atoms with Crippen LogP contribution in [0.15, 0.2) is 12.2 Å². The lowest BCUT2D eigenvalue weighted by Gasteiger charge is -2.58. The minimum absolute atomic E-state index is 0.0503. The summed E-state index contributed by atoms with van der Waals surface area (Å²) in [6.07, 6.45) is 16.1. The molecule has 0 aliphatic heterocycles. The van der Waals surface area contributed by atoms with Gasteiger partial charge in [0.2, 0.25) is 0 Å². The van der Waals surface area contributed by atoms with Crippen molar-refractivity contribution in [2.24, 2.45) is 46.3 Å². The minimum atomic E-state index is -0.0503. The fraction of sp³-hybridized carbons (Fsp3) is 0.917. The maximum absolute atomic E-state index is 10.2. The Morgan fingerprint density at radius 2 is 1.92 bits per heavy atom. The van der Waals surface area contributed by atoms with Gasteiger partial charge in [-0.2, -0.15) is 0 Å². The monoisotopic (exact) mass is 360 g/mol.